The third kappa shape index (κ3) is 2.86. The van der Waals surface area contributed by atoms with Crippen molar-refractivity contribution in [2.45, 2.75) is 12.0 Å². The van der Waals surface area contributed by atoms with Gasteiger partial charge in [0.05, 0.1) is 0 Å². The molecule has 0 radical (unpaired) electrons. The zero-order valence-corrected chi connectivity index (χ0v) is 11.5. The zero-order valence-electron chi connectivity index (χ0n) is 9.96. The highest BCUT2D eigenvalue weighted by molar-refractivity contribution is 9.10. The van der Waals surface area contributed by atoms with Gasteiger partial charge >= 0.3 is 5.92 Å². The minimum atomic E-state index is -3.70. The second-order valence-electron chi connectivity index (χ2n) is 4.20. The molecule has 0 aliphatic rings. The summed E-state index contributed by atoms with van der Waals surface area (Å²) in [6.45, 7) is 0. The molecule has 0 heterocycles. The van der Waals surface area contributed by atoms with Gasteiger partial charge in [0.1, 0.15) is 17.7 Å². The molecule has 6 heteroatoms. The lowest BCUT2D eigenvalue weighted by Gasteiger charge is -2.23. The number of aliphatic hydroxyl groups is 1. The molecule has 2 aromatic carbocycles. The van der Waals surface area contributed by atoms with Crippen molar-refractivity contribution in [3.63, 3.8) is 0 Å². The number of aliphatic hydroxyl groups excluding tert-OH is 1. The third-order valence-electron chi connectivity index (χ3n) is 2.83. The highest BCUT2D eigenvalue weighted by atomic mass is 79.9. The van der Waals surface area contributed by atoms with Crippen molar-refractivity contribution in [3.8, 4) is 0 Å². The third-order valence-corrected chi connectivity index (χ3v) is 3.36. The van der Waals surface area contributed by atoms with Gasteiger partial charge in [0.25, 0.3) is 0 Å². The Morgan fingerprint density at radius 3 is 2.15 bits per heavy atom. The van der Waals surface area contributed by atoms with Crippen LogP contribution in [0.1, 0.15) is 17.2 Å². The monoisotopic (exact) mass is 348 g/mol. The molecule has 1 unspecified atom stereocenters. The van der Waals surface area contributed by atoms with Crippen LogP contribution >= 0.6 is 15.9 Å². The predicted octanol–water partition coefficient (Wildman–Crippen LogP) is 4.55. The van der Waals surface area contributed by atoms with E-state index in [0.29, 0.717) is 10.5 Å². The SMILES string of the molecule is OC(c1ccc(F)cc1F)C(F)(F)c1ccc(Br)cc1. The van der Waals surface area contributed by atoms with Crippen LogP contribution in [0.2, 0.25) is 0 Å². The van der Waals surface area contributed by atoms with Gasteiger partial charge in [0, 0.05) is 21.7 Å². The molecular weight excluding hydrogens is 340 g/mol. The van der Waals surface area contributed by atoms with Gasteiger partial charge in [0.15, 0.2) is 0 Å². The van der Waals surface area contributed by atoms with Gasteiger partial charge in [-0.1, -0.05) is 34.1 Å². The molecule has 2 aromatic rings. The average molecular weight is 349 g/mol. The first-order valence-electron chi connectivity index (χ1n) is 5.59. The van der Waals surface area contributed by atoms with Crippen molar-refractivity contribution in [3.05, 3.63) is 69.7 Å². The fourth-order valence-corrected chi connectivity index (χ4v) is 2.01. The fraction of sp³-hybridized carbons (Fsp3) is 0.143. The van der Waals surface area contributed by atoms with Crippen LogP contribution in [0.5, 0.6) is 0 Å². The van der Waals surface area contributed by atoms with Crippen LogP contribution in [-0.4, -0.2) is 5.11 Å². The highest BCUT2D eigenvalue weighted by Crippen LogP contribution is 2.41. The van der Waals surface area contributed by atoms with Gasteiger partial charge < -0.3 is 5.11 Å². The summed E-state index contributed by atoms with van der Waals surface area (Å²) in [4.78, 5) is 0. The topological polar surface area (TPSA) is 20.2 Å². The maximum absolute atomic E-state index is 14.1. The number of hydrogen-bond donors (Lipinski definition) is 1. The summed E-state index contributed by atoms with van der Waals surface area (Å²) < 4.78 is 55.1. The van der Waals surface area contributed by atoms with E-state index in [1.165, 1.54) is 12.1 Å². The summed E-state index contributed by atoms with van der Waals surface area (Å²) in [5.41, 5.74) is -1.11. The second kappa shape index (κ2) is 5.54. The van der Waals surface area contributed by atoms with Crippen LogP contribution in [0.25, 0.3) is 0 Å². The molecule has 0 fully saturated rings. The lowest BCUT2D eigenvalue weighted by Crippen LogP contribution is -2.24. The number of rotatable bonds is 3. The standard InChI is InChI=1S/C14H9BrF4O/c15-9-3-1-8(2-4-9)14(18,19)13(20)11-6-5-10(16)7-12(11)17/h1-7,13,20H. The molecule has 2 rings (SSSR count). The first-order chi connectivity index (χ1) is 9.32. The molecule has 1 nitrogen and oxygen atoms in total. The maximum atomic E-state index is 14.1. The van der Waals surface area contributed by atoms with Crippen LogP contribution in [0.4, 0.5) is 17.6 Å². The second-order valence-corrected chi connectivity index (χ2v) is 5.11. The van der Waals surface area contributed by atoms with Crippen LogP contribution in [0.15, 0.2) is 46.9 Å². The van der Waals surface area contributed by atoms with Crippen molar-refractivity contribution in [2.24, 2.45) is 0 Å². The Bertz CT molecular complexity index is 613. The molecule has 0 aliphatic carbocycles. The Hall–Kier alpha value is -1.40. The molecule has 1 N–H and O–H groups in total. The van der Waals surface area contributed by atoms with Gasteiger partial charge in [-0.2, -0.15) is 8.78 Å². The molecule has 0 saturated heterocycles. The van der Waals surface area contributed by atoms with E-state index in [9.17, 15) is 22.7 Å². The average Bonchev–Trinajstić information content (AvgIpc) is 2.38. The molecular formula is C14H9BrF4O. The lowest BCUT2D eigenvalue weighted by molar-refractivity contribution is -0.119. The van der Waals surface area contributed by atoms with E-state index in [1.807, 2.05) is 0 Å². The van der Waals surface area contributed by atoms with Crippen LogP contribution in [0, 0.1) is 11.6 Å². The molecule has 0 amide bonds. The van der Waals surface area contributed by atoms with Crippen molar-refractivity contribution >= 4 is 15.9 Å². The summed E-state index contributed by atoms with van der Waals surface area (Å²) >= 11 is 3.10. The molecule has 1 atom stereocenters. The van der Waals surface area contributed by atoms with E-state index in [0.717, 1.165) is 24.3 Å². The van der Waals surface area contributed by atoms with Gasteiger partial charge in [0.2, 0.25) is 0 Å². The van der Waals surface area contributed by atoms with Gasteiger partial charge in [-0.15, -0.1) is 0 Å². The first kappa shape index (κ1) is 15.0. The summed E-state index contributed by atoms with van der Waals surface area (Å²) in [6.07, 6.45) is -2.40. The van der Waals surface area contributed by atoms with Gasteiger partial charge in [-0.05, 0) is 18.2 Å². The molecule has 0 spiro atoms. The number of halogens is 5. The Kier molecular flexibility index (Phi) is 4.15. The normalized spacial score (nSPS) is 13.3. The highest BCUT2D eigenvalue weighted by Gasteiger charge is 2.42. The minimum Gasteiger partial charge on any atom is -0.382 e. The fourth-order valence-electron chi connectivity index (χ4n) is 1.75. The quantitative estimate of drug-likeness (QED) is 0.806. The molecule has 0 aromatic heterocycles. The summed E-state index contributed by atoms with van der Waals surface area (Å²) in [7, 11) is 0. The predicted molar refractivity (Wildman–Crippen MR) is 69.4 cm³/mol. The largest absolute Gasteiger partial charge is 0.382 e. The zero-order chi connectivity index (χ0) is 14.9. The number of hydrogen-bond acceptors (Lipinski definition) is 1. The summed E-state index contributed by atoms with van der Waals surface area (Å²) in [6, 6.07) is 7.09. The van der Waals surface area contributed by atoms with Gasteiger partial charge in [-0.3, -0.25) is 0 Å². The van der Waals surface area contributed by atoms with Crippen LogP contribution in [-0.2, 0) is 5.92 Å². The van der Waals surface area contributed by atoms with Crippen LogP contribution < -0.4 is 0 Å². The van der Waals surface area contributed by atoms with E-state index in [1.54, 1.807) is 0 Å². The molecule has 0 saturated carbocycles. The Morgan fingerprint density at radius 2 is 1.60 bits per heavy atom. The van der Waals surface area contributed by atoms with Crippen molar-refractivity contribution in [1.82, 2.24) is 0 Å². The maximum Gasteiger partial charge on any atom is 0.302 e. The van der Waals surface area contributed by atoms with E-state index in [4.69, 9.17) is 0 Å². The first-order valence-corrected chi connectivity index (χ1v) is 6.38. The van der Waals surface area contributed by atoms with E-state index in [2.05, 4.69) is 15.9 Å². The molecule has 0 bridgehead atoms. The van der Waals surface area contributed by atoms with E-state index < -0.39 is 34.8 Å². The number of alkyl halides is 2. The molecule has 0 aliphatic heterocycles. The summed E-state index contributed by atoms with van der Waals surface area (Å²) in [5, 5.41) is 9.72. The van der Waals surface area contributed by atoms with E-state index >= 15 is 0 Å². The van der Waals surface area contributed by atoms with Crippen molar-refractivity contribution < 1.29 is 22.7 Å². The van der Waals surface area contributed by atoms with Crippen LogP contribution in [0.3, 0.4) is 0 Å². The molecule has 20 heavy (non-hydrogen) atoms. The van der Waals surface area contributed by atoms with E-state index in [-0.39, 0.29) is 0 Å². The Labute approximate surface area is 121 Å². The Balaban J connectivity index is 2.39. The summed E-state index contributed by atoms with van der Waals surface area (Å²) in [5.74, 6) is -5.81. The van der Waals surface area contributed by atoms with Crippen molar-refractivity contribution in [2.75, 3.05) is 0 Å². The Morgan fingerprint density at radius 1 is 1.00 bits per heavy atom. The molecule has 106 valence electrons. The smallest absolute Gasteiger partial charge is 0.302 e. The lowest BCUT2D eigenvalue weighted by atomic mass is 9.97. The van der Waals surface area contributed by atoms with Gasteiger partial charge in [-0.25, -0.2) is 8.78 Å². The number of benzene rings is 2. The minimum absolute atomic E-state index is 0.455. The van der Waals surface area contributed by atoms with Crippen molar-refractivity contribution in [1.29, 1.82) is 0 Å².